The SMILES string of the molecule is O=C(Cc1ccc(F)cc1Cl)N[C@H](Cc1ccncc1)C1CC(O)C1. The molecule has 25 heavy (non-hydrogen) atoms. The Kier molecular flexibility index (Phi) is 5.66. The first kappa shape index (κ1) is 17.8. The van der Waals surface area contributed by atoms with Crippen LogP contribution in [0.15, 0.2) is 42.7 Å². The van der Waals surface area contributed by atoms with Gasteiger partial charge in [-0.2, -0.15) is 0 Å². The number of aliphatic hydroxyl groups is 1. The number of benzene rings is 1. The molecule has 0 aliphatic heterocycles. The number of carbonyl (C=O) groups excluding carboxylic acids is 1. The summed E-state index contributed by atoms with van der Waals surface area (Å²) >= 11 is 6.00. The monoisotopic (exact) mass is 362 g/mol. The van der Waals surface area contributed by atoms with Gasteiger partial charge in [0.2, 0.25) is 5.91 Å². The highest BCUT2D eigenvalue weighted by atomic mass is 35.5. The van der Waals surface area contributed by atoms with Gasteiger partial charge in [0.1, 0.15) is 5.82 Å². The van der Waals surface area contributed by atoms with Crippen LogP contribution in [0.25, 0.3) is 0 Å². The van der Waals surface area contributed by atoms with Crippen LogP contribution in [0.1, 0.15) is 24.0 Å². The van der Waals surface area contributed by atoms with Crippen LogP contribution in [0.5, 0.6) is 0 Å². The minimum Gasteiger partial charge on any atom is -0.393 e. The lowest BCUT2D eigenvalue weighted by atomic mass is 9.75. The lowest BCUT2D eigenvalue weighted by molar-refractivity contribution is -0.122. The fraction of sp³-hybridized carbons (Fsp3) is 0.368. The van der Waals surface area contributed by atoms with E-state index in [1.165, 1.54) is 18.2 Å². The number of hydrogen-bond donors (Lipinski definition) is 2. The topological polar surface area (TPSA) is 62.2 Å². The van der Waals surface area contributed by atoms with Crippen LogP contribution in [0.3, 0.4) is 0 Å². The van der Waals surface area contributed by atoms with E-state index in [0.29, 0.717) is 24.8 Å². The summed E-state index contributed by atoms with van der Waals surface area (Å²) in [4.78, 5) is 16.4. The van der Waals surface area contributed by atoms with Crippen molar-refractivity contribution in [3.05, 3.63) is 64.7 Å². The van der Waals surface area contributed by atoms with Gasteiger partial charge in [0.05, 0.1) is 12.5 Å². The molecule has 2 N–H and O–H groups in total. The normalized spacial score (nSPS) is 20.6. The van der Waals surface area contributed by atoms with Crippen LogP contribution in [0, 0.1) is 11.7 Å². The molecule has 0 radical (unpaired) electrons. The van der Waals surface area contributed by atoms with Gasteiger partial charge in [0.15, 0.2) is 0 Å². The van der Waals surface area contributed by atoms with Crippen LogP contribution < -0.4 is 5.32 Å². The van der Waals surface area contributed by atoms with E-state index >= 15 is 0 Å². The Morgan fingerprint density at radius 2 is 2.04 bits per heavy atom. The van der Waals surface area contributed by atoms with E-state index in [4.69, 9.17) is 11.6 Å². The molecule has 0 saturated heterocycles. The Bertz CT molecular complexity index is 735. The number of amides is 1. The average molecular weight is 363 g/mol. The third-order valence-electron chi connectivity index (χ3n) is 4.64. The van der Waals surface area contributed by atoms with Crippen molar-refractivity contribution in [1.82, 2.24) is 10.3 Å². The highest BCUT2D eigenvalue weighted by Gasteiger charge is 2.34. The molecule has 132 valence electrons. The molecule has 1 aliphatic rings. The van der Waals surface area contributed by atoms with Crippen molar-refractivity contribution in [3.63, 3.8) is 0 Å². The molecule has 3 rings (SSSR count). The Balaban J connectivity index is 1.65. The lowest BCUT2D eigenvalue weighted by Crippen LogP contribution is -2.48. The minimum atomic E-state index is -0.423. The highest BCUT2D eigenvalue weighted by molar-refractivity contribution is 6.31. The van der Waals surface area contributed by atoms with Crippen LogP contribution in [0.2, 0.25) is 5.02 Å². The third kappa shape index (κ3) is 4.77. The number of aliphatic hydroxyl groups excluding tert-OH is 1. The van der Waals surface area contributed by atoms with Crippen molar-refractivity contribution in [1.29, 1.82) is 0 Å². The van der Waals surface area contributed by atoms with Gasteiger partial charge in [-0.15, -0.1) is 0 Å². The highest BCUT2D eigenvalue weighted by Crippen LogP contribution is 2.31. The minimum absolute atomic E-state index is 0.0578. The second kappa shape index (κ2) is 7.93. The predicted molar refractivity (Wildman–Crippen MR) is 93.7 cm³/mol. The smallest absolute Gasteiger partial charge is 0.224 e. The van der Waals surface area contributed by atoms with E-state index in [9.17, 15) is 14.3 Å². The number of carbonyl (C=O) groups is 1. The zero-order valence-corrected chi connectivity index (χ0v) is 14.4. The molecule has 0 unspecified atom stereocenters. The van der Waals surface area contributed by atoms with Gasteiger partial charge in [-0.1, -0.05) is 17.7 Å². The lowest BCUT2D eigenvalue weighted by Gasteiger charge is -2.38. The number of halogens is 2. The zero-order valence-electron chi connectivity index (χ0n) is 13.7. The molecule has 1 aromatic carbocycles. The third-order valence-corrected chi connectivity index (χ3v) is 4.99. The maximum absolute atomic E-state index is 13.1. The van der Waals surface area contributed by atoms with E-state index in [1.807, 2.05) is 12.1 Å². The van der Waals surface area contributed by atoms with Crippen molar-refractivity contribution in [2.75, 3.05) is 0 Å². The van der Waals surface area contributed by atoms with Gasteiger partial charge in [0.25, 0.3) is 0 Å². The van der Waals surface area contributed by atoms with Gasteiger partial charge in [0, 0.05) is 23.5 Å². The number of hydrogen-bond acceptors (Lipinski definition) is 3. The summed E-state index contributed by atoms with van der Waals surface area (Å²) < 4.78 is 13.1. The number of pyridine rings is 1. The summed E-state index contributed by atoms with van der Waals surface area (Å²) in [7, 11) is 0. The first-order valence-corrected chi connectivity index (χ1v) is 8.69. The summed E-state index contributed by atoms with van der Waals surface area (Å²) in [5, 5.41) is 12.9. The van der Waals surface area contributed by atoms with Crippen molar-refractivity contribution < 1.29 is 14.3 Å². The van der Waals surface area contributed by atoms with Crippen LogP contribution in [-0.4, -0.2) is 28.1 Å². The molecule has 0 bridgehead atoms. The standard InChI is InChI=1S/C19H20ClFN2O2/c20-17-11-15(21)2-1-13(17)10-19(25)23-18(14-8-16(24)9-14)7-12-3-5-22-6-4-12/h1-6,11,14,16,18,24H,7-10H2,(H,23,25)/t14?,16?,18-/m1/s1. The number of aromatic nitrogens is 1. The fourth-order valence-corrected chi connectivity index (χ4v) is 3.40. The van der Waals surface area contributed by atoms with Crippen LogP contribution in [0.4, 0.5) is 4.39 Å². The Labute approximate surface area is 151 Å². The fourth-order valence-electron chi connectivity index (χ4n) is 3.16. The summed E-state index contributed by atoms with van der Waals surface area (Å²) in [6.45, 7) is 0. The summed E-state index contributed by atoms with van der Waals surface area (Å²) in [6, 6.07) is 7.82. The molecule has 1 fully saturated rings. The van der Waals surface area contributed by atoms with E-state index < -0.39 is 5.82 Å². The maximum atomic E-state index is 13.1. The molecule has 1 atom stereocenters. The number of nitrogens with zero attached hydrogens (tertiary/aromatic N) is 1. The van der Waals surface area contributed by atoms with Gasteiger partial charge < -0.3 is 10.4 Å². The number of rotatable bonds is 6. The van der Waals surface area contributed by atoms with Crippen molar-refractivity contribution in [3.8, 4) is 0 Å². The molecule has 2 aromatic rings. The van der Waals surface area contributed by atoms with Crippen molar-refractivity contribution in [2.24, 2.45) is 5.92 Å². The summed E-state index contributed by atoms with van der Waals surface area (Å²) in [6.07, 6.45) is 5.32. The molecular formula is C19H20ClFN2O2. The van der Waals surface area contributed by atoms with Crippen molar-refractivity contribution in [2.45, 2.75) is 37.8 Å². The molecule has 1 aliphatic carbocycles. The predicted octanol–water partition coefficient (Wildman–Crippen LogP) is 2.92. The Morgan fingerprint density at radius 1 is 1.32 bits per heavy atom. The molecule has 1 saturated carbocycles. The van der Waals surface area contributed by atoms with E-state index in [2.05, 4.69) is 10.3 Å². The largest absolute Gasteiger partial charge is 0.393 e. The van der Waals surface area contributed by atoms with Crippen molar-refractivity contribution >= 4 is 17.5 Å². The van der Waals surface area contributed by atoms with Gasteiger partial charge in [-0.25, -0.2) is 4.39 Å². The van der Waals surface area contributed by atoms with E-state index in [-0.39, 0.29) is 35.4 Å². The maximum Gasteiger partial charge on any atom is 0.224 e. The molecule has 1 heterocycles. The molecule has 1 aromatic heterocycles. The second-order valence-corrected chi connectivity index (χ2v) is 6.94. The van der Waals surface area contributed by atoms with Crippen LogP contribution in [-0.2, 0) is 17.6 Å². The average Bonchev–Trinajstić information content (AvgIpc) is 2.55. The van der Waals surface area contributed by atoms with Gasteiger partial charge in [-0.3, -0.25) is 9.78 Å². The second-order valence-electron chi connectivity index (χ2n) is 6.53. The quantitative estimate of drug-likeness (QED) is 0.830. The molecule has 0 spiro atoms. The van der Waals surface area contributed by atoms with Gasteiger partial charge >= 0.3 is 0 Å². The summed E-state index contributed by atoms with van der Waals surface area (Å²) in [5.41, 5.74) is 1.68. The molecule has 6 heteroatoms. The number of nitrogens with one attached hydrogen (secondary N) is 1. The Hall–Kier alpha value is -1.98. The first-order chi connectivity index (χ1) is 12.0. The van der Waals surface area contributed by atoms with Crippen LogP contribution >= 0.6 is 11.6 Å². The first-order valence-electron chi connectivity index (χ1n) is 8.31. The zero-order chi connectivity index (χ0) is 17.8. The molecule has 4 nitrogen and oxygen atoms in total. The molecular weight excluding hydrogens is 343 g/mol. The van der Waals surface area contributed by atoms with E-state index in [0.717, 1.165) is 5.56 Å². The van der Waals surface area contributed by atoms with Gasteiger partial charge in [-0.05, 0) is 60.6 Å². The van der Waals surface area contributed by atoms with E-state index in [1.54, 1.807) is 12.4 Å². The molecule has 1 amide bonds. The Morgan fingerprint density at radius 3 is 2.68 bits per heavy atom. The summed E-state index contributed by atoms with van der Waals surface area (Å²) in [5.74, 6) is -0.335.